The molecular weight excluding hydrogens is 224 g/mol. The summed E-state index contributed by atoms with van der Waals surface area (Å²) in [6, 6.07) is -0.238. The molecule has 4 nitrogen and oxygen atoms in total. The molecule has 0 saturated carbocycles. The third-order valence-corrected chi connectivity index (χ3v) is 3.81. The van der Waals surface area contributed by atoms with Gasteiger partial charge in [0, 0.05) is 5.38 Å². The molecule has 5 heteroatoms. The molecule has 2 unspecified atom stereocenters. The smallest absolute Gasteiger partial charge is 0.320 e. The minimum absolute atomic E-state index is 0.104. The molecule has 1 N–H and O–H groups in total. The van der Waals surface area contributed by atoms with Crippen molar-refractivity contribution in [3.8, 4) is 0 Å². The number of hydrogen-bond acceptors (Lipinski definition) is 4. The van der Waals surface area contributed by atoms with Crippen molar-refractivity contribution >= 4 is 17.3 Å². The molecule has 1 aromatic rings. The quantitative estimate of drug-likeness (QED) is 0.879. The molecule has 16 heavy (non-hydrogen) atoms. The molecule has 0 aliphatic carbocycles. The van der Waals surface area contributed by atoms with Crippen LogP contribution in [0.5, 0.6) is 0 Å². The van der Waals surface area contributed by atoms with Gasteiger partial charge in [0.05, 0.1) is 17.2 Å². The zero-order valence-electron chi connectivity index (χ0n) is 9.30. The fraction of sp³-hybridized carbons (Fsp3) is 0.636. The number of carbonyl (C=O) groups is 1. The Bertz CT molecular complexity index is 353. The Balaban J connectivity index is 2.14. The van der Waals surface area contributed by atoms with E-state index in [4.69, 9.17) is 0 Å². The first-order valence-corrected chi connectivity index (χ1v) is 6.51. The van der Waals surface area contributed by atoms with Gasteiger partial charge in [-0.2, -0.15) is 0 Å². The molecule has 1 aliphatic rings. The number of aliphatic carboxylic acids is 1. The van der Waals surface area contributed by atoms with Gasteiger partial charge in [0.2, 0.25) is 0 Å². The molecule has 2 heterocycles. The van der Waals surface area contributed by atoms with Crippen LogP contribution in [0.3, 0.4) is 0 Å². The normalized spacial score (nSPS) is 24.2. The van der Waals surface area contributed by atoms with E-state index in [0.717, 1.165) is 31.5 Å². The second-order valence-electron chi connectivity index (χ2n) is 4.18. The highest BCUT2D eigenvalue weighted by atomic mass is 32.1. The maximum atomic E-state index is 11.2. The van der Waals surface area contributed by atoms with Gasteiger partial charge in [0.25, 0.3) is 0 Å². The molecule has 0 amide bonds. The third kappa shape index (κ3) is 2.25. The van der Waals surface area contributed by atoms with E-state index >= 15 is 0 Å². The van der Waals surface area contributed by atoms with Crippen LogP contribution < -0.4 is 0 Å². The first kappa shape index (κ1) is 11.5. The SMILES string of the molecule is CC(c1cscn1)N1CCCCC1C(=O)O. The Hall–Kier alpha value is -0.940. The van der Waals surface area contributed by atoms with E-state index in [1.807, 2.05) is 12.3 Å². The number of nitrogens with zero attached hydrogens (tertiary/aromatic N) is 2. The van der Waals surface area contributed by atoms with Crippen LogP contribution in [0.25, 0.3) is 0 Å². The van der Waals surface area contributed by atoms with Gasteiger partial charge >= 0.3 is 5.97 Å². The van der Waals surface area contributed by atoms with Gasteiger partial charge in [-0.1, -0.05) is 6.42 Å². The van der Waals surface area contributed by atoms with E-state index < -0.39 is 5.97 Å². The largest absolute Gasteiger partial charge is 0.480 e. The first-order chi connectivity index (χ1) is 7.70. The van der Waals surface area contributed by atoms with Crippen molar-refractivity contribution in [2.75, 3.05) is 6.54 Å². The lowest BCUT2D eigenvalue weighted by Crippen LogP contribution is -2.45. The monoisotopic (exact) mass is 240 g/mol. The van der Waals surface area contributed by atoms with Crippen molar-refractivity contribution in [2.45, 2.75) is 38.3 Å². The number of hydrogen-bond donors (Lipinski definition) is 1. The lowest BCUT2D eigenvalue weighted by atomic mass is 9.99. The standard InChI is InChI=1S/C11H16N2O2S/c1-8(9-6-16-7-12-9)13-5-3-2-4-10(13)11(14)15/h6-8,10H,2-5H2,1H3,(H,14,15). The second-order valence-corrected chi connectivity index (χ2v) is 4.90. The summed E-state index contributed by atoms with van der Waals surface area (Å²) >= 11 is 1.56. The van der Waals surface area contributed by atoms with E-state index in [-0.39, 0.29) is 12.1 Å². The maximum Gasteiger partial charge on any atom is 0.320 e. The maximum absolute atomic E-state index is 11.2. The van der Waals surface area contributed by atoms with Gasteiger partial charge < -0.3 is 5.11 Å². The highest BCUT2D eigenvalue weighted by molar-refractivity contribution is 7.07. The fourth-order valence-electron chi connectivity index (χ4n) is 2.28. The molecular formula is C11H16N2O2S. The second kappa shape index (κ2) is 4.93. The summed E-state index contributed by atoms with van der Waals surface area (Å²) in [5, 5.41) is 11.2. The van der Waals surface area contributed by atoms with Crippen molar-refractivity contribution in [3.63, 3.8) is 0 Å². The fourth-order valence-corrected chi connectivity index (χ4v) is 2.92. The van der Waals surface area contributed by atoms with Crippen LogP contribution in [0, 0.1) is 0 Å². The number of rotatable bonds is 3. The summed E-state index contributed by atoms with van der Waals surface area (Å²) < 4.78 is 0. The third-order valence-electron chi connectivity index (χ3n) is 3.21. The van der Waals surface area contributed by atoms with Crippen molar-refractivity contribution in [1.82, 2.24) is 9.88 Å². The van der Waals surface area contributed by atoms with E-state index in [2.05, 4.69) is 9.88 Å². The van der Waals surface area contributed by atoms with Gasteiger partial charge in [-0.15, -0.1) is 11.3 Å². The van der Waals surface area contributed by atoms with E-state index in [9.17, 15) is 9.90 Å². The number of piperidine rings is 1. The van der Waals surface area contributed by atoms with Gasteiger partial charge in [0.1, 0.15) is 6.04 Å². The number of aromatic nitrogens is 1. The topological polar surface area (TPSA) is 53.4 Å². The average Bonchev–Trinajstić information content (AvgIpc) is 2.81. The molecule has 0 aromatic carbocycles. The Labute approximate surface area is 98.9 Å². The molecule has 1 aliphatic heterocycles. The molecule has 0 radical (unpaired) electrons. The van der Waals surface area contributed by atoms with Crippen molar-refractivity contribution in [1.29, 1.82) is 0 Å². The predicted octanol–water partition coefficient (Wildman–Crippen LogP) is 2.14. The van der Waals surface area contributed by atoms with Gasteiger partial charge in [-0.3, -0.25) is 9.69 Å². The van der Waals surface area contributed by atoms with Crippen LogP contribution in [-0.4, -0.2) is 33.5 Å². The Kier molecular flexibility index (Phi) is 3.56. The van der Waals surface area contributed by atoms with Crippen LogP contribution in [0.2, 0.25) is 0 Å². The molecule has 1 aromatic heterocycles. The van der Waals surface area contributed by atoms with Gasteiger partial charge in [-0.25, -0.2) is 4.98 Å². The lowest BCUT2D eigenvalue weighted by Gasteiger charge is -2.36. The van der Waals surface area contributed by atoms with Crippen LogP contribution in [-0.2, 0) is 4.79 Å². The van der Waals surface area contributed by atoms with Crippen molar-refractivity contribution in [3.05, 3.63) is 16.6 Å². The number of thiazole rings is 1. The van der Waals surface area contributed by atoms with Crippen LogP contribution >= 0.6 is 11.3 Å². The summed E-state index contributed by atoms with van der Waals surface area (Å²) in [5.41, 5.74) is 2.78. The molecule has 1 fully saturated rings. The van der Waals surface area contributed by atoms with Gasteiger partial charge in [-0.05, 0) is 26.3 Å². The number of likely N-dealkylation sites (tertiary alicyclic amines) is 1. The summed E-state index contributed by atoms with van der Waals surface area (Å²) in [6.45, 7) is 2.89. The number of carboxylic acid groups (broad SMARTS) is 1. The van der Waals surface area contributed by atoms with Crippen LogP contribution in [0.1, 0.15) is 37.9 Å². The Morgan fingerprint density at radius 3 is 3.12 bits per heavy atom. The average molecular weight is 240 g/mol. The van der Waals surface area contributed by atoms with E-state index in [0.29, 0.717) is 0 Å². The zero-order valence-corrected chi connectivity index (χ0v) is 10.1. The summed E-state index contributed by atoms with van der Waals surface area (Å²) in [7, 11) is 0. The molecule has 88 valence electrons. The van der Waals surface area contributed by atoms with Crippen LogP contribution in [0.4, 0.5) is 0 Å². The van der Waals surface area contributed by atoms with E-state index in [1.165, 1.54) is 0 Å². The summed E-state index contributed by atoms with van der Waals surface area (Å²) in [4.78, 5) is 17.5. The highest BCUT2D eigenvalue weighted by Gasteiger charge is 2.32. The number of carboxylic acids is 1. The predicted molar refractivity (Wildman–Crippen MR) is 62.5 cm³/mol. The summed E-state index contributed by atoms with van der Waals surface area (Å²) in [6.07, 6.45) is 2.85. The highest BCUT2D eigenvalue weighted by Crippen LogP contribution is 2.28. The van der Waals surface area contributed by atoms with Crippen LogP contribution in [0.15, 0.2) is 10.9 Å². The minimum atomic E-state index is -0.707. The lowest BCUT2D eigenvalue weighted by molar-refractivity contribution is -0.145. The first-order valence-electron chi connectivity index (χ1n) is 5.57. The van der Waals surface area contributed by atoms with Crippen molar-refractivity contribution < 1.29 is 9.90 Å². The van der Waals surface area contributed by atoms with Gasteiger partial charge in [0.15, 0.2) is 0 Å². The Morgan fingerprint density at radius 2 is 2.50 bits per heavy atom. The molecule has 2 rings (SSSR count). The Morgan fingerprint density at radius 1 is 1.69 bits per heavy atom. The molecule has 1 saturated heterocycles. The van der Waals surface area contributed by atoms with Crippen molar-refractivity contribution in [2.24, 2.45) is 0 Å². The zero-order chi connectivity index (χ0) is 11.5. The molecule has 0 spiro atoms. The molecule has 0 bridgehead atoms. The minimum Gasteiger partial charge on any atom is -0.480 e. The van der Waals surface area contributed by atoms with E-state index in [1.54, 1.807) is 16.8 Å². The summed E-state index contributed by atoms with van der Waals surface area (Å²) in [5.74, 6) is -0.707. The molecule has 2 atom stereocenters.